The second kappa shape index (κ2) is 10.2. The highest BCUT2D eigenvalue weighted by Crippen LogP contribution is 2.44. The fourth-order valence-corrected chi connectivity index (χ4v) is 6.02. The molecule has 0 N–H and O–H groups in total. The van der Waals surface area contributed by atoms with Crippen LogP contribution < -0.4 is 0 Å². The van der Waals surface area contributed by atoms with Gasteiger partial charge in [-0.15, -0.1) is 0 Å². The second-order valence-corrected chi connectivity index (χ2v) is 10.4. The number of hydroxylamine groups is 2. The Morgan fingerprint density at radius 1 is 0.850 bits per heavy atom. The fraction of sp³-hybridized carbons (Fsp3) is 0.290. The zero-order valence-electron chi connectivity index (χ0n) is 22.0. The van der Waals surface area contributed by atoms with E-state index in [1.165, 1.54) is 24.1 Å². The van der Waals surface area contributed by atoms with Crippen LogP contribution in [0.5, 0.6) is 0 Å². The van der Waals surface area contributed by atoms with Crippen LogP contribution in [0.15, 0.2) is 72.8 Å². The summed E-state index contributed by atoms with van der Waals surface area (Å²) in [6.07, 6.45) is 0.302. The van der Waals surface area contributed by atoms with E-state index in [-0.39, 0.29) is 36.8 Å². The van der Waals surface area contributed by atoms with Crippen molar-refractivity contribution in [2.75, 3.05) is 33.4 Å². The van der Waals surface area contributed by atoms with Crippen LogP contribution >= 0.6 is 0 Å². The number of methoxy groups -OCH3 is 1. The highest BCUT2D eigenvalue weighted by atomic mass is 16.7. The van der Waals surface area contributed by atoms with Crippen LogP contribution in [-0.4, -0.2) is 67.3 Å². The minimum absolute atomic E-state index is 0.0283. The van der Waals surface area contributed by atoms with E-state index < -0.39 is 29.3 Å². The predicted octanol–water partition coefficient (Wildman–Crippen LogP) is 4.42. The maximum atomic E-state index is 13.5. The summed E-state index contributed by atoms with van der Waals surface area (Å²) in [5, 5.41) is 0.497. The molecule has 3 aromatic carbocycles. The first-order valence-corrected chi connectivity index (χ1v) is 13.2. The Morgan fingerprint density at radius 3 is 1.98 bits per heavy atom. The Morgan fingerprint density at radius 2 is 1.40 bits per heavy atom. The van der Waals surface area contributed by atoms with E-state index >= 15 is 0 Å². The average Bonchev–Trinajstić information content (AvgIpc) is 3.43. The van der Waals surface area contributed by atoms with E-state index in [0.29, 0.717) is 24.4 Å². The molecule has 3 aromatic rings. The van der Waals surface area contributed by atoms with Gasteiger partial charge in [-0.2, -0.15) is 0 Å². The molecule has 1 fully saturated rings. The molecule has 6 rings (SSSR count). The van der Waals surface area contributed by atoms with Gasteiger partial charge < -0.3 is 19.2 Å². The van der Waals surface area contributed by atoms with Crippen LogP contribution in [0.25, 0.3) is 11.1 Å². The Balaban J connectivity index is 1.16. The number of fused-ring (bicyclic) bond motifs is 4. The van der Waals surface area contributed by atoms with E-state index in [1.807, 2.05) is 36.4 Å². The molecule has 0 aromatic heterocycles. The molecule has 2 heterocycles. The maximum Gasteiger partial charge on any atom is 0.409 e. The van der Waals surface area contributed by atoms with Crippen LogP contribution in [0.3, 0.4) is 0 Å². The van der Waals surface area contributed by atoms with Crippen LogP contribution in [0.4, 0.5) is 4.79 Å². The third-order valence-corrected chi connectivity index (χ3v) is 7.96. The van der Waals surface area contributed by atoms with Crippen LogP contribution in [0.2, 0.25) is 0 Å². The van der Waals surface area contributed by atoms with Gasteiger partial charge in [0.15, 0.2) is 0 Å². The van der Waals surface area contributed by atoms with Gasteiger partial charge in [-0.1, -0.05) is 65.7 Å². The molecular weight excluding hydrogens is 512 g/mol. The molecule has 3 amide bonds. The number of likely N-dealkylation sites (tertiary alicyclic amines) is 1. The number of nitrogens with zero attached hydrogens (tertiary/aromatic N) is 2. The van der Waals surface area contributed by atoms with E-state index in [9.17, 15) is 19.2 Å². The van der Waals surface area contributed by atoms with E-state index in [2.05, 4.69) is 12.1 Å². The number of amides is 3. The van der Waals surface area contributed by atoms with Crippen molar-refractivity contribution in [2.24, 2.45) is 5.41 Å². The first kappa shape index (κ1) is 25.8. The number of ether oxygens (including phenoxy) is 2. The summed E-state index contributed by atoms with van der Waals surface area (Å²) < 4.78 is 11.2. The maximum absolute atomic E-state index is 13.5. The summed E-state index contributed by atoms with van der Waals surface area (Å²) in [7, 11) is 1.45. The van der Waals surface area contributed by atoms with Gasteiger partial charge in [-0.3, -0.25) is 9.59 Å². The largest absolute Gasteiger partial charge is 0.448 e. The van der Waals surface area contributed by atoms with Gasteiger partial charge in [0, 0.05) is 26.1 Å². The highest BCUT2D eigenvalue weighted by molar-refractivity contribution is 6.21. The number of rotatable bonds is 6. The van der Waals surface area contributed by atoms with Gasteiger partial charge >= 0.3 is 12.1 Å². The fourth-order valence-electron chi connectivity index (χ4n) is 6.02. The monoisotopic (exact) mass is 540 g/mol. The molecule has 9 nitrogen and oxygen atoms in total. The molecule has 3 aliphatic rings. The van der Waals surface area contributed by atoms with Crippen molar-refractivity contribution < 1.29 is 33.5 Å². The minimum Gasteiger partial charge on any atom is -0.448 e. The molecule has 40 heavy (non-hydrogen) atoms. The molecule has 9 heteroatoms. The van der Waals surface area contributed by atoms with E-state index in [1.54, 1.807) is 12.1 Å². The molecular formula is C31H28N2O7. The molecule has 0 radical (unpaired) electrons. The molecule has 204 valence electrons. The van der Waals surface area contributed by atoms with E-state index in [0.717, 1.165) is 22.3 Å². The Labute approximate surface area is 231 Å². The zero-order chi connectivity index (χ0) is 27.9. The number of piperidine rings is 1. The topological polar surface area (TPSA) is 102 Å². The SMILES string of the molecule is COCC1(C(=O)ON2C(=O)c3ccccc3C2=O)CCCN(C(=O)OCC2c3ccccc3-c3ccccc32)C1. The lowest BCUT2D eigenvalue weighted by Crippen LogP contribution is -2.54. The number of benzene rings is 3. The average molecular weight is 541 g/mol. The summed E-state index contributed by atoms with van der Waals surface area (Å²) in [4.78, 5) is 59.2. The number of hydrogen-bond acceptors (Lipinski definition) is 7. The van der Waals surface area contributed by atoms with Crippen molar-refractivity contribution in [1.82, 2.24) is 9.96 Å². The molecule has 0 spiro atoms. The molecule has 1 aliphatic carbocycles. The Bertz CT molecular complexity index is 1430. The number of imide groups is 1. The van der Waals surface area contributed by atoms with Gasteiger partial charge in [0.25, 0.3) is 11.8 Å². The quantitative estimate of drug-likeness (QED) is 0.427. The van der Waals surface area contributed by atoms with Gasteiger partial charge in [0.05, 0.1) is 17.7 Å². The smallest absolute Gasteiger partial charge is 0.409 e. The van der Waals surface area contributed by atoms with Crippen molar-refractivity contribution in [3.8, 4) is 11.1 Å². The van der Waals surface area contributed by atoms with Crippen molar-refractivity contribution >= 4 is 23.9 Å². The van der Waals surface area contributed by atoms with E-state index in [4.69, 9.17) is 14.3 Å². The van der Waals surface area contributed by atoms with Gasteiger partial charge in [-0.25, -0.2) is 9.59 Å². The van der Waals surface area contributed by atoms with Gasteiger partial charge in [-0.05, 0) is 47.2 Å². The predicted molar refractivity (Wildman–Crippen MR) is 143 cm³/mol. The Hall–Kier alpha value is -4.50. The lowest BCUT2D eigenvalue weighted by atomic mass is 9.80. The van der Waals surface area contributed by atoms with Crippen LogP contribution in [0.1, 0.15) is 50.6 Å². The van der Waals surface area contributed by atoms with Crippen LogP contribution in [0, 0.1) is 5.41 Å². The minimum atomic E-state index is -1.27. The molecule has 1 unspecified atom stereocenters. The molecule has 0 bridgehead atoms. The third kappa shape index (κ3) is 4.23. The summed E-state index contributed by atoms with van der Waals surface area (Å²) >= 11 is 0. The van der Waals surface area contributed by atoms with Crippen molar-refractivity contribution in [1.29, 1.82) is 0 Å². The Kier molecular flexibility index (Phi) is 6.59. The number of carbonyl (C=O) groups is 4. The van der Waals surface area contributed by atoms with Gasteiger partial charge in [0.1, 0.15) is 12.0 Å². The molecule has 1 saturated heterocycles. The zero-order valence-corrected chi connectivity index (χ0v) is 22.0. The lowest BCUT2D eigenvalue weighted by Gasteiger charge is -2.40. The first-order valence-electron chi connectivity index (χ1n) is 13.2. The summed E-state index contributed by atoms with van der Waals surface area (Å²) in [5.41, 5.74) is 3.55. The second-order valence-electron chi connectivity index (χ2n) is 10.4. The highest BCUT2D eigenvalue weighted by Gasteiger charge is 2.49. The van der Waals surface area contributed by atoms with Gasteiger partial charge in [0.2, 0.25) is 0 Å². The van der Waals surface area contributed by atoms with Crippen molar-refractivity contribution in [3.05, 3.63) is 95.1 Å². The standard InChI is InChI=1S/C31H28N2O7/c1-38-19-31(29(36)40-33-27(34)24-13-6-7-14-25(24)28(33)35)15-8-16-32(18-31)30(37)39-17-26-22-11-4-2-9-20(22)21-10-3-5-12-23(21)26/h2-7,9-14,26H,8,15-19H2,1H3. The molecule has 0 saturated carbocycles. The third-order valence-electron chi connectivity index (χ3n) is 7.96. The summed E-state index contributed by atoms with van der Waals surface area (Å²) in [6, 6.07) is 22.5. The number of hydrogen-bond donors (Lipinski definition) is 0. The molecule has 2 aliphatic heterocycles. The molecule has 1 atom stereocenters. The lowest BCUT2D eigenvalue weighted by molar-refractivity contribution is -0.188. The number of carbonyl (C=O) groups excluding carboxylic acids is 4. The van der Waals surface area contributed by atoms with Crippen molar-refractivity contribution in [2.45, 2.75) is 18.8 Å². The van der Waals surface area contributed by atoms with Crippen molar-refractivity contribution in [3.63, 3.8) is 0 Å². The van der Waals surface area contributed by atoms with Crippen LogP contribution in [-0.2, 0) is 19.1 Å². The first-order chi connectivity index (χ1) is 19.4. The normalized spacial score (nSPS) is 19.7. The summed E-state index contributed by atoms with van der Waals surface area (Å²) in [5.74, 6) is -2.31. The summed E-state index contributed by atoms with van der Waals surface area (Å²) in [6.45, 7) is 0.463.